The van der Waals surface area contributed by atoms with Gasteiger partial charge in [0.05, 0.1) is 39.6 Å². The Morgan fingerprint density at radius 2 is 1.25 bits per heavy atom. The molecule has 0 fully saturated rings. The molecule has 0 aromatic rings. The molecule has 0 aromatic heterocycles. The lowest BCUT2D eigenvalue weighted by Crippen LogP contribution is -2.23. The summed E-state index contributed by atoms with van der Waals surface area (Å²) in [6.45, 7) is 10.1. The van der Waals surface area contributed by atoms with Crippen molar-refractivity contribution in [3.05, 3.63) is 0 Å². The molecule has 0 saturated heterocycles. The molecule has 0 bridgehead atoms. The minimum absolute atomic E-state index is 0.585. The van der Waals surface area contributed by atoms with Crippen LogP contribution in [0.2, 0.25) is 0 Å². The zero-order valence-corrected chi connectivity index (χ0v) is 13.5. The van der Waals surface area contributed by atoms with Gasteiger partial charge in [-0.2, -0.15) is 0 Å². The third-order valence-corrected chi connectivity index (χ3v) is 2.69. The molecule has 0 rings (SSSR count). The molecule has 0 saturated carbocycles. The monoisotopic (exact) mass is 291 g/mol. The fourth-order valence-corrected chi connectivity index (χ4v) is 1.58. The van der Waals surface area contributed by atoms with Crippen molar-refractivity contribution < 1.29 is 18.9 Å². The second kappa shape index (κ2) is 16.9. The smallest absolute Gasteiger partial charge is 0.0701 e. The summed E-state index contributed by atoms with van der Waals surface area (Å²) in [4.78, 5) is 0. The summed E-state index contributed by atoms with van der Waals surface area (Å²) in [6.07, 6.45) is 3.56. The first-order valence-electron chi connectivity index (χ1n) is 7.73. The maximum absolute atomic E-state index is 5.50. The SMILES string of the molecule is COCCOCCOCCOCCCCCNC(C)C. The molecule has 0 radical (unpaired) electrons. The molecule has 0 spiro atoms. The van der Waals surface area contributed by atoms with E-state index in [2.05, 4.69) is 19.2 Å². The highest BCUT2D eigenvalue weighted by molar-refractivity contribution is 4.52. The van der Waals surface area contributed by atoms with Gasteiger partial charge in [-0.3, -0.25) is 0 Å². The molecule has 0 atom stereocenters. The van der Waals surface area contributed by atoms with Gasteiger partial charge in [0.1, 0.15) is 0 Å². The largest absolute Gasteiger partial charge is 0.382 e. The highest BCUT2D eigenvalue weighted by atomic mass is 16.6. The second-order valence-corrected chi connectivity index (χ2v) is 5.00. The van der Waals surface area contributed by atoms with Gasteiger partial charge in [0.2, 0.25) is 0 Å². The quantitative estimate of drug-likeness (QED) is 0.440. The van der Waals surface area contributed by atoms with Crippen LogP contribution >= 0.6 is 0 Å². The van der Waals surface area contributed by atoms with E-state index in [1.165, 1.54) is 12.8 Å². The number of rotatable bonds is 16. The molecule has 0 aliphatic carbocycles. The molecule has 0 aromatic carbocycles. The highest BCUT2D eigenvalue weighted by Crippen LogP contribution is 1.95. The van der Waals surface area contributed by atoms with Gasteiger partial charge in [0.15, 0.2) is 0 Å². The number of methoxy groups -OCH3 is 1. The molecule has 20 heavy (non-hydrogen) atoms. The molecule has 5 nitrogen and oxygen atoms in total. The van der Waals surface area contributed by atoms with E-state index in [9.17, 15) is 0 Å². The average molecular weight is 291 g/mol. The molecule has 0 heterocycles. The van der Waals surface area contributed by atoms with Gasteiger partial charge in [0, 0.05) is 19.8 Å². The van der Waals surface area contributed by atoms with E-state index in [0.717, 1.165) is 19.6 Å². The van der Waals surface area contributed by atoms with Crippen LogP contribution in [0, 0.1) is 0 Å². The number of hydrogen-bond acceptors (Lipinski definition) is 5. The van der Waals surface area contributed by atoms with Gasteiger partial charge in [-0.25, -0.2) is 0 Å². The summed E-state index contributed by atoms with van der Waals surface area (Å²) < 4.78 is 21.0. The van der Waals surface area contributed by atoms with Gasteiger partial charge in [-0.05, 0) is 25.8 Å². The normalized spacial score (nSPS) is 11.4. The fourth-order valence-electron chi connectivity index (χ4n) is 1.58. The lowest BCUT2D eigenvalue weighted by atomic mass is 10.2. The summed E-state index contributed by atoms with van der Waals surface area (Å²) >= 11 is 0. The van der Waals surface area contributed by atoms with E-state index in [1.807, 2.05) is 0 Å². The van der Waals surface area contributed by atoms with E-state index in [4.69, 9.17) is 18.9 Å². The summed E-state index contributed by atoms with van der Waals surface area (Å²) in [5, 5.41) is 3.41. The van der Waals surface area contributed by atoms with Crippen LogP contribution in [0.25, 0.3) is 0 Å². The van der Waals surface area contributed by atoms with Crippen LogP contribution in [-0.2, 0) is 18.9 Å². The summed E-state index contributed by atoms with van der Waals surface area (Å²) in [5.74, 6) is 0. The second-order valence-electron chi connectivity index (χ2n) is 5.00. The fraction of sp³-hybridized carbons (Fsp3) is 1.00. The van der Waals surface area contributed by atoms with E-state index in [-0.39, 0.29) is 0 Å². The van der Waals surface area contributed by atoms with Crippen molar-refractivity contribution in [2.24, 2.45) is 0 Å². The predicted molar refractivity (Wildman–Crippen MR) is 81.3 cm³/mol. The maximum Gasteiger partial charge on any atom is 0.0701 e. The Labute approximate surface area is 124 Å². The minimum Gasteiger partial charge on any atom is -0.382 e. The number of unbranched alkanes of at least 4 members (excludes halogenated alkanes) is 2. The lowest BCUT2D eigenvalue weighted by molar-refractivity contribution is 0.00324. The zero-order chi connectivity index (χ0) is 14.9. The Hall–Kier alpha value is -0.200. The van der Waals surface area contributed by atoms with Crippen molar-refractivity contribution in [1.29, 1.82) is 0 Å². The molecule has 0 unspecified atom stereocenters. The van der Waals surface area contributed by atoms with Crippen molar-refractivity contribution >= 4 is 0 Å². The van der Waals surface area contributed by atoms with Crippen molar-refractivity contribution in [3.63, 3.8) is 0 Å². The molecule has 5 heteroatoms. The number of hydrogen-bond donors (Lipinski definition) is 1. The van der Waals surface area contributed by atoms with Gasteiger partial charge < -0.3 is 24.3 Å². The van der Waals surface area contributed by atoms with Crippen molar-refractivity contribution in [2.45, 2.75) is 39.2 Å². The number of nitrogens with one attached hydrogen (secondary N) is 1. The van der Waals surface area contributed by atoms with Gasteiger partial charge in [-0.15, -0.1) is 0 Å². The van der Waals surface area contributed by atoms with Gasteiger partial charge in [0.25, 0.3) is 0 Å². The van der Waals surface area contributed by atoms with Crippen LogP contribution in [0.5, 0.6) is 0 Å². The standard InChI is InChI=1S/C15H33NO4/c1-15(2)16-7-5-4-6-8-18-11-12-20-14-13-19-10-9-17-3/h15-16H,4-14H2,1-3H3. The Kier molecular flexibility index (Phi) is 16.7. The van der Waals surface area contributed by atoms with Crippen molar-refractivity contribution in [3.8, 4) is 0 Å². The van der Waals surface area contributed by atoms with Crippen molar-refractivity contribution in [2.75, 3.05) is 59.9 Å². The van der Waals surface area contributed by atoms with E-state index in [1.54, 1.807) is 7.11 Å². The Morgan fingerprint density at radius 3 is 1.80 bits per heavy atom. The van der Waals surface area contributed by atoms with Gasteiger partial charge >= 0.3 is 0 Å². The van der Waals surface area contributed by atoms with Crippen LogP contribution in [0.4, 0.5) is 0 Å². The van der Waals surface area contributed by atoms with E-state index in [0.29, 0.717) is 45.7 Å². The first kappa shape index (κ1) is 19.8. The molecular formula is C15H33NO4. The van der Waals surface area contributed by atoms with Crippen LogP contribution < -0.4 is 5.32 Å². The average Bonchev–Trinajstić information content (AvgIpc) is 2.43. The molecule has 1 N–H and O–H groups in total. The topological polar surface area (TPSA) is 49.0 Å². The first-order chi connectivity index (χ1) is 9.77. The van der Waals surface area contributed by atoms with Crippen LogP contribution in [0.3, 0.4) is 0 Å². The molecular weight excluding hydrogens is 258 g/mol. The molecule has 0 amide bonds. The Morgan fingerprint density at radius 1 is 0.700 bits per heavy atom. The highest BCUT2D eigenvalue weighted by Gasteiger charge is 1.94. The minimum atomic E-state index is 0.585. The van der Waals surface area contributed by atoms with Crippen LogP contribution in [0.15, 0.2) is 0 Å². The van der Waals surface area contributed by atoms with Crippen LogP contribution in [0.1, 0.15) is 33.1 Å². The molecule has 0 aliphatic rings. The summed E-state index contributed by atoms with van der Waals surface area (Å²) in [6, 6.07) is 0.585. The Balaban J connectivity index is 2.92. The number of ether oxygens (including phenoxy) is 4. The van der Waals surface area contributed by atoms with E-state index < -0.39 is 0 Å². The summed E-state index contributed by atoms with van der Waals surface area (Å²) in [7, 11) is 1.66. The molecule has 0 aliphatic heterocycles. The lowest BCUT2D eigenvalue weighted by Gasteiger charge is -2.08. The predicted octanol–water partition coefficient (Wildman–Crippen LogP) is 1.85. The third-order valence-electron chi connectivity index (χ3n) is 2.69. The Bertz CT molecular complexity index is 179. The van der Waals surface area contributed by atoms with E-state index >= 15 is 0 Å². The maximum atomic E-state index is 5.50. The zero-order valence-electron chi connectivity index (χ0n) is 13.5. The summed E-state index contributed by atoms with van der Waals surface area (Å²) in [5.41, 5.74) is 0. The third kappa shape index (κ3) is 17.8. The van der Waals surface area contributed by atoms with Crippen molar-refractivity contribution in [1.82, 2.24) is 5.32 Å². The van der Waals surface area contributed by atoms with Gasteiger partial charge in [-0.1, -0.05) is 13.8 Å². The molecule has 122 valence electrons. The van der Waals surface area contributed by atoms with Crippen LogP contribution in [-0.4, -0.2) is 65.9 Å². The first-order valence-corrected chi connectivity index (χ1v) is 7.73.